The van der Waals surface area contributed by atoms with E-state index in [1.807, 2.05) is 19.9 Å². The molecule has 2 aromatic carbocycles. The van der Waals surface area contributed by atoms with E-state index in [-0.39, 0.29) is 11.4 Å². The van der Waals surface area contributed by atoms with E-state index in [1.165, 1.54) is 13.5 Å². The van der Waals surface area contributed by atoms with Crippen molar-refractivity contribution in [1.29, 1.82) is 0 Å². The molecule has 126 valence electrons. The molecule has 24 heavy (non-hydrogen) atoms. The van der Waals surface area contributed by atoms with E-state index in [2.05, 4.69) is 9.71 Å². The molecule has 3 rings (SSSR count). The largest absolute Gasteiger partial charge is 0.495 e. The monoisotopic (exact) mass is 346 g/mol. The summed E-state index contributed by atoms with van der Waals surface area (Å²) in [4.78, 5) is 4.17. The highest BCUT2D eigenvalue weighted by atomic mass is 32.2. The third kappa shape index (κ3) is 3.13. The standard InChI is InChI=1S/C17H18N2O4S/c1-11-6-16(22-3)17(7-12(11)2)24(20,21)19-9-13-4-5-14-15(8-13)23-10-18-14/h4-8,10,19H,9H2,1-3H3. The molecular formula is C17H18N2O4S. The van der Waals surface area contributed by atoms with Gasteiger partial charge in [0.25, 0.3) is 0 Å². The number of nitrogens with one attached hydrogen (secondary N) is 1. The first-order chi connectivity index (χ1) is 11.4. The third-order valence-corrected chi connectivity index (χ3v) is 5.35. The minimum atomic E-state index is -3.70. The van der Waals surface area contributed by atoms with Gasteiger partial charge in [0.2, 0.25) is 10.0 Å². The predicted octanol–water partition coefficient (Wildman–Crippen LogP) is 2.93. The summed E-state index contributed by atoms with van der Waals surface area (Å²) in [6.45, 7) is 3.93. The van der Waals surface area contributed by atoms with Gasteiger partial charge in [-0.3, -0.25) is 0 Å². The molecule has 0 aliphatic rings. The number of ether oxygens (including phenoxy) is 1. The third-order valence-electron chi connectivity index (χ3n) is 3.93. The molecule has 0 amide bonds. The lowest BCUT2D eigenvalue weighted by atomic mass is 10.1. The van der Waals surface area contributed by atoms with E-state index in [4.69, 9.17) is 9.15 Å². The normalized spacial score (nSPS) is 11.8. The van der Waals surface area contributed by atoms with Crippen molar-refractivity contribution in [3.05, 3.63) is 53.4 Å². The number of oxazole rings is 1. The van der Waals surface area contributed by atoms with Crippen molar-refractivity contribution in [2.45, 2.75) is 25.3 Å². The molecule has 0 radical (unpaired) electrons. The second-order valence-corrected chi connectivity index (χ2v) is 7.30. The van der Waals surface area contributed by atoms with Gasteiger partial charge in [-0.1, -0.05) is 6.07 Å². The molecule has 1 heterocycles. The van der Waals surface area contributed by atoms with Gasteiger partial charge in [0, 0.05) is 6.54 Å². The van der Waals surface area contributed by atoms with Crippen LogP contribution in [0, 0.1) is 13.8 Å². The predicted molar refractivity (Wildman–Crippen MR) is 90.5 cm³/mol. The average molecular weight is 346 g/mol. The number of rotatable bonds is 5. The van der Waals surface area contributed by atoms with E-state index >= 15 is 0 Å². The minimum Gasteiger partial charge on any atom is -0.495 e. The lowest BCUT2D eigenvalue weighted by Gasteiger charge is -2.13. The van der Waals surface area contributed by atoms with Crippen LogP contribution in [-0.2, 0) is 16.6 Å². The molecule has 0 unspecified atom stereocenters. The molecule has 3 aromatic rings. The number of hydrogen-bond acceptors (Lipinski definition) is 5. The van der Waals surface area contributed by atoms with E-state index in [9.17, 15) is 8.42 Å². The Balaban J connectivity index is 1.87. The zero-order valence-electron chi connectivity index (χ0n) is 13.7. The van der Waals surface area contributed by atoms with Gasteiger partial charge in [-0.2, -0.15) is 0 Å². The van der Waals surface area contributed by atoms with Crippen molar-refractivity contribution in [3.8, 4) is 5.75 Å². The lowest BCUT2D eigenvalue weighted by molar-refractivity contribution is 0.401. The van der Waals surface area contributed by atoms with Gasteiger partial charge in [0.1, 0.15) is 16.2 Å². The Bertz CT molecular complexity index is 993. The van der Waals surface area contributed by atoms with Crippen LogP contribution in [0.2, 0.25) is 0 Å². The van der Waals surface area contributed by atoms with Crippen LogP contribution in [0.1, 0.15) is 16.7 Å². The molecular weight excluding hydrogens is 328 g/mol. The maximum atomic E-state index is 12.6. The van der Waals surface area contributed by atoms with Crippen molar-refractivity contribution in [2.75, 3.05) is 7.11 Å². The van der Waals surface area contributed by atoms with Crippen LogP contribution in [-0.4, -0.2) is 20.5 Å². The second kappa shape index (κ2) is 6.26. The maximum Gasteiger partial charge on any atom is 0.244 e. The smallest absolute Gasteiger partial charge is 0.244 e. The fourth-order valence-electron chi connectivity index (χ4n) is 2.40. The topological polar surface area (TPSA) is 81.4 Å². The van der Waals surface area contributed by atoms with Gasteiger partial charge in [-0.25, -0.2) is 18.1 Å². The number of hydrogen-bond donors (Lipinski definition) is 1. The van der Waals surface area contributed by atoms with Gasteiger partial charge >= 0.3 is 0 Å². The number of aromatic nitrogens is 1. The van der Waals surface area contributed by atoms with Crippen LogP contribution in [0.25, 0.3) is 11.1 Å². The number of fused-ring (bicyclic) bond motifs is 1. The number of sulfonamides is 1. The Kier molecular flexibility index (Phi) is 4.29. The summed E-state index contributed by atoms with van der Waals surface area (Å²) in [5.41, 5.74) is 4.00. The fourth-order valence-corrected chi connectivity index (χ4v) is 3.65. The Labute approximate surface area is 140 Å². The van der Waals surface area contributed by atoms with Crippen LogP contribution in [0.3, 0.4) is 0 Å². The Morgan fingerprint density at radius 2 is 1.92 bits per heavy atom. The summed E-state index contributed by atoms with van der Waals surface area (Å²) in [6.07, 6.45) is 1.36. The Morgan fingerprint density at radius 1 is 1.17 bits per heavy atom. The zero-order chi connectivity index (χ0) is 17.3. The molecule has 0 aliphatic heterocycles. The van der Waals surface area contributed by atoms with Crippen LogP contribution in [0.5, 0.6) is 5.75 Å². The minimum absolute atomic E-state index is 0.133. The fraction of sp³-hybridized carbons (Fsp3) is 0.235. The molecule has 1 aromatic heterocycles. The number of benzene rings is 2. The molecule has 6 nitrogen and oxygen atoms in total. The molecule has 1 N–H and O–H groups in total. The van der Waals surface area contributed by atoms with Gasteiger partial charge in [-0.05, 0) is 54.8 Å². The SMILES string of the molecule is COc1cc(C)c(C)cc1S(=O)(=O)NCc1ccc2ncoc2c1. The summed E-state index contributed by atoms with van der Waals surface area (Å²) in [5.74, 6) is 0.330. The van der Waals surface area contributed by atoms with Crippen molar-refractivity contribution in [2.24, 2.45) is 0 Å². The number of nitrogens with zero attached hydrogens (tertiary/aromatic N) is 1. The van der Waals surface area contributed by atoms with Crippen molar-refractivity contribution < 1.29 is 17.6 Å². The van der Waals surface area contributed by atoms with Gasteiger partial charge in [0.05, 0.1) is 7.11 Å². The molecule has 0 saturated heterocycles. The van der Waals surface area contributed by atoms with Gasteiger partial charge in [-0.15, -0.1) is 0 Å². The average Bonchev–Trinajstić information content (AvgIpc) is 3.02. The summed E-state index contributed by atoms with van der Waals surface area (Å²) in [5, 5.41) is 0. The quantitative estimate of drug-likeness (QED) is 0.768. The van der Waals surface area contributed by atoms with Crippen molar-refractivity contribution >= 4 is 21.1 Å². The first kappa shape index (κ1) is 16.5. The van der Waals surface area contributed by atoms with Crippen molar-refractivity contribution in [1.82, 2.24) is 9.71 Å². The summed E-state index contributed by atoms with van der Waals surface area (Å²) >= 11 is 0. The molecule has 0 saturated carbocycles. The summed E-state index contributed by atoms with van der Waals surface area (Å²) in [7, 11) is -2.24. The van der Waals surface area contributed by atoms with Crippen molar-refractivity contribution in [3.63, 3.8) is 0 Å². The maximum absolute atomic E-state index is 12.6. The Hall–Kier alpha value is -2.38. The molecule has 0 fully saturated rings. The number of aryl methyl sites for hydroxylation is 2. The second-order valence-electron chi connectivity index (χ2n) is 5.57. The van der Waals surface area contributed by atoms with E-state index < -0.39 is 10.0 Å². The summed E-state index contributed by atoms with van der Waals surface area (Å²) < 4.78 is 38.3. The first-order valence-corrected chi connectivity index (χ1v) is 8.86. The van der Waals surface area contributed by atoms with E-state index in [0.717, 1.165) is 22.2 Å². The van der Waals surface area contributed by atoms with Crippen LogP contribution in [0.15, 0.2) is 46.0 Å². The molecule has 0 aliphatic carbocycles. The highest BCUT2D eigenvalue weighted by molar-refractivity contribution is 7.89. The molecule has 0 bridgehead atoms. The van der Waals surface area contributed by atoms with Gasteiger partial charge < -0.3 is 9.15 Å². The highest BCUT2D eigenvalue weighted by Crippen LogP contribution is 2.27. The van der Waals surface area contributed by atoms with Gasteiger partial charge in [0.15, 0.2) is 12.0 Å². The van der Waals surface area contributed by atoms with E-state index in [1.54, 1.807) is 24.3 Å². The van der Waals surface area contributed by atoms with Crippen LogP contribution in [0.4, 0.5) is 0 Å². The number of methoxy groups -OCH3 is 1. The first-order valence-electron chi connectivity index (χ1n) is 7.38. The van der Waals surface area contributed by atoms with E-state index in [0.29, 0.717) is 11.3 Å². The van der Waals surface area contributed by atoms with Crippen LogP contribution >= 0.6 is 0 Å². The summed E-state index contributed by atoms with van der Waals surface area (Å²) in [6, 6.07) is 8.72. The Morgan fingerprint density at radius 3 is 2.67 bits per heavy atom. The zero-order valence-corrected chi connectivity index (χ0v) is 14.5. The molecule has 7 heteroatoms. The highest BCUT2D eigenvalue weighted by Gasteiger charge is 2.20. The molecule has 0 atom stereocenters. The van der Waals surface area contributed by atoms with Crippen LogP contribution < -0.4 is 9.46 Å². The lowest BCUT2D eigenvalue weighted by Crippen LogP contribution is -2.24. The molecule has 0 spiro atoms.